The third-order valence-electron chi connectivity index (χ3n) is 5.76. The fourth-order valence-electron chi connectivity index (χ4n) is 3.90. The smallest absolute Gasteiger partial charge is 0.411 e. The van der Waals surface area contributed by atoms with Crippen LogP contribution in [-0.2, 0) is 16.1 Å². The lowest BCUT2D eigenvalue weighted by atomic mass is 10.00. The normalized spacial score (nSPS) is 19.6. The SMILES string of the molecule is O=C(Nc1cccc([C@H]2OC(=O)N(Cc3ccc(F)cc3)[C@@H]2C(=O)NC2CC2)c1)c1cccs1. The molecule has 2 fully saturated rings. The van der Waals surface area contributed by atoms with E-state index in [4.69, 9.17) is 4.74 Å². The first-order valence-corrected chi connectivity index (χ1v) is 11.8. The van der Waals surface area contributed by atoms with E-state index < -0.39 is 18.2 Å². The Labute approximate surface area is 199 Å². The molecule has 0 spiro atoms. The van der Waals surface area contributed by atoms with Gasteiger partial charge in [-0.15, -0.1) is 11.3 Å². The minimum Gasteiger partial charge on any atom is -0.438 e. The van der Waals surface area contributed by atoms with E-state index in [0.717, 1.165) is 12.8 Å². The Balaban J connectivity index is 1.41. The number of hydrogen-bond donors (Lipinski definition) is 2. The quantitative estimate of drug-likeness (QED) is 0.523. The fourth-order valence-corrected chi connectivity index (χ4v) is 4.52. The maximum atomic E-state index is 13.3. The molecular weight excluding hydrogens is 457 g/mol. The topological polar surface area (TPSA) is 87.7 Å². The van der Waals surface area contributed by atoms with E-state index in [2.05, 4.69) is 10.6 Å². The van der Waals surface area contributed by atoms with Crippen LogP contribution in [0, 0.1) is 5.82 Å². The van der Waals surface area contributed by atoms with Crippen molar-refractivity contribution in [3.8, 4) is 0 Å². The number of nitrogens with zero attached hydrogens (tertiary/aromatic N) is 1. The number of halogens is 1. The predicted molar refractivity (Wildman–Crippen MR) is 125 cm³/mol. The zero-order valence-electron chi connectivity index (χ0n) is 18.1. The Morgan fingerprint density at radius 1 is 1.09 bits per heavy atom. The van der Waals surface area contributed by atoms with Gasteiger partial charge in [0.05, 0.1) is 11.4 Å². The molecule has 5 rings (SSSR count). The van der Waals surface area contributed by atoms with Crippen molar-refractivity contribution >= 4 is 34.9 Å². The van der Waals surface area contributed by atoms with Crippen LogP contribution in [-0.4, -0.2) is 34.9 Å². The molecule has 2 atom stereocenters. The number of anilines is 1. The van der Waals surface area contributed by atoms with Crippen molar-refractivity contribution in [2.75, 3.05) is 5.32 Å². The zero-order chi connectivity index (χ0) is 23.7. The lowest BCUT2D eigenvalue weighted by Gasteiger charge is -2.24. The van der Waals surface area contributed by atoms with E-state index in [0.29, 0.717) is 21.7 Å². The van der Waals surface area contributed by atoms with Crippen molar-refractivity contribution in [3.63, 3.8) is 0 Å². The van der Waals surface area contributed by atoms with Crippen LogP contribution in [0.2, 0.25) is 0 Å². The van der Waals surface area contributed by atoms with E-state index in [9.17, 15) is 18.8 Å². The molecule has 1 saturated heterocycles. The van der Waals surface area contributed by atoms with Crippen molar-refractivity contribution in [1.29, 1.82) is 0 Å². The molecule has 0 bridgehead atoms. The number of benzene rings is 2. The predicted octanol–water partition coefficient (Wildman–Crippen LogP) is 4.48. The van der Waals surface area contributed by atoms with E-state index in [-0.39, 0.29) is 30.2 Å². The van der Waals surface area contributed by atoms with Gasteiger partial charge in [-0.3, -0.25) is 14.5 Å². The van der Waals surface area contributed by atoms with Gasteiger partial charge in [0.2, 0.25) is 5.91 Å². The Hall–Kier alpha value is -3.72. The van der Waals surface area contributed by atoms with Gasteiger partial charge < -0.3 is 15.4 Å². The lowest BCUT2D eigenvalue weighted by molar-refractivity contribution is -0.126. The maximum Gasteiger partial charge on any atom is 0.411 e. The molecule has 0 unspecified atom stereocenters. The summed E-state index contributed by atoms with van der Waals surface area (Å²) in [5.41, 5.74) is 1.81. The monoisotopic (exact) mass is 479 g/mol. The van der Waals surface area contributed by atoms with Crippen LogP contribution in [0.15, 0.2) is 66.0 Å². The largest absolute Gasteiger partial charge is 0.438 e. The van der Waals surface area contributed by atoms with E-state index in [1.807, 2.05) is 5.38 Å². The number of carbonyl (C=O) groups excluding carboxylic acids is 3. The summed E-state index contributed by atoms with van der Waals surface area (Å²) >= 11 is 1.33. The summed E-state index contributed by atoms with van der Waals surface area (Å²) < 4.78 is 19.0. The van der Waals surface area contributed by atoms with E-state index >= 15 is 0 Å². The number of nitrogens with one attached hydrogen (secondary N) is 2. The van der Waals surface area contributed by atoms with Gasteiger partial charge in [-0.25, -0.2) is 9.18 Å². The summed E-state index contributed by atoms with van der Waals surface area (Å²) in [4.78, 5) is 40.4. The van der Waals surface area contributed by atoms with Crippen LogP contribution in [0.25, 0.3) is 0 Å². The van der Waals surface area contributed by atoms with Crippen LogP contribution in [0.3, 0.4) is 0 Å². The van der Waals surface area contributed by atoms with E-state index in [1.165, 1.54) is 28.4 Å². The highest BCUT2D eigenvalue weighted by Gasteiger charge is 2.48. The minimum atomic E-state index is -0.901. The molecule has 2 heterocycles. The second-order valence-electron chi connectivity index (χ2n) is 8.34. The third kappa shape index (κ3) is 4.79. The zero-order valence-corrected chi connectivity index (χ0v) is 18.9. The summed E-state index contributed by atoms with van der Waals surface area (Å²) in [6.45, 7) is 0.104. The summed E-state index contributed by atoms with van der Waals surface area (Å²) in [6.07, 6.45) is 0.323. The molecule has 1 saturated carbocycles. The van der Waals surface area contributed by atoms with Gasteiger partial charge in [-0.2, -0.15) is 0 Å². The number of cyclic esters (lactones) is 1. The van der Waals surface area contributed by atoms with Crippen molar-refractivity contribution in [2.24, 2.45) is 0 Å². The Morgan fingerprint density at radius 2 is 1.88 bits per heavy atom. The molecule has 2 aliphatic rings. The molecule has 3 aromatic rings. The van der Waals surface area contributed by atoms with Crippen LogP contribution in [0.1, 0.15) is 39.7 Å². The second kappa shape index (κ2) is 9.26. The molecule has 1 aliphatic heterocycles. The molecular formula is C25H22FN3O4S. The van der Waals surface area contributed by atoms with Gasteiger partial charge in [0.1, 0.15) is 5.82 Å². The standard InChI is InChI=1S/C25H22FN3O4S/c26-17-8-6-15(7-9-17)14-29-21(24(31)27-18-10-11-18)22(33-25(29)32)16-3-1-4-19(13-16)28-23(30)20-5-2-12-34-20/h1-9,12-13,18,21-22H,10-11,14H2,(H,27,31)(H,28,30)/t21-,22+/m0/s1. The van der Waals surface area contributed by atoms with Gasteiger partial charge in [0.15, 0.2) is 12.1 Å². The molecule has 3 amide bonds. The molecule has 1 aromatic heterocycles. The first kappa shape index (κ1) is 22.1. The number of rotatable bonds is 7. The molecule has 2 N–H and O–H groups in total. The summed E-state index contributed by atoms with van der Waals surface area (Å²) in [6, 6.07) is 15.5. The second-order valence-corrected chi connectivity index (χ2v) is 9.29. The van der Waals surface area contributed by atoms with Crippen LogP contribution < -0.4 is 10.6 Å². The van der Waals surface area contributed by atoms with Gasteiger partial charge in [-0.05, 0) is 59.7 Å². The van der Waals surface area contributed by atoms with Crippen LogP contribution >= 0.6 is 11.3 Å². The lowest BCUT2D eigenvalue weighted by Crippen LogP contribution is -2.46. The number of hydrogen-bond acceptors (Lipinski definition) is 5. The molecule has 9 heteroatoms. The molecule has 34 heavy (non-hydrogen) atoms. The average Bonchev–Trinajstić information content (AvgIpc) is 3.34. The first-order chi connectivity index (χ1) is 16.5. The number of amides is 3. The average molecular weight is 480 g/mol. The highest BCUT2D eigenvalue weighted by Crippen LogP contribution is 2.35. The fraction of sp³-hybridized carbons (Fsp3) is 0.240. The molecule has 7 nitrogen and oxygen atoms in total. The summed E-state index contributed by atoms with van der Waals surface area (Å²) in [7, 11) is 0. The molecule has 1 aliphatic carbocycles. The third-order valence-corrected chi connectivity index (χ3v) is 6.63. The Kier molecular flexibility index (Phi) is 6.02. The van der Waals surface area contributed by atoms with Gasteiger partial charge in [0, 0.05) is 11.7 Å². The number of thiophene rings is 1. The first-order valence-electron chi connectivity index (χ1n) is 10.9. The number of carbonyl (C=O) groups is 3. The highest BCUT2D eigenvalue weighted by atomic mass is 32.1. The van der Waals surface area contributed by atoms with Crippen LogP contribution in [0.4, 0.5) is 14.9 Å². The van der Waals surface area contributed by atoms with E-state index in [1.54, 1.807) is 48.5 Å². The van der Waals surface area contributed by atoms with Crippen molar-refractivity contribution in [3.05, 3.63) is 87.9 Å². The summed E-state index contributed by atoms with van der Waals surface area (Å²) in [5, 5.41) is 7.63. The highest BCUT2D eigenvalue weighted by molar-refractivity contribution is 7.12. The van der Waals surface area contributed by atoms with Gasteiger partial charge in [0.25, 0.3) is 5.91 Å². The van der Waals surface area contributed by atoms with Crippen molar-refractivity contribution < 1.29 is 23.5 Å². The van der Waals surface area contributed by atoms with Crippen molar-refractivity contribution in [2.45, 2.75) is 37.6 Å². The molecule has 0 radical (unpaired) electrons. The van der Waals surface area contributed by atoms with Crippen LogP contribution in [0.5, 0.6) is 0 Å². The van der Waals surface area contributed by atoms with Gasteiger partial charge >= 0.3 is 6.09 Å². The Morgan fingerprint density at radius 3 is 2.59 bits per heavy atom. The Bertz CT molecular complexity index is 1210. The maximum absolute atomic E-state index is 13.3. The molecule has 174 valence electrons. The van der Waals surface area contributed by atoms with Crippen molar-refractivity contribution in [1.82, 2.24) is 10.2 Å². The summed E-state index contributed by atoms with van der Waals surface area (Å²) in [5.74, 6) is -0.917. The minimum absolute atomic E-state index is 0.104. The van der Waals surface area contributed by atoms with Gasteiger partial charge in [-0.1, -0.05) is 30.3 Å². The number of ether oxygens (including phenoxy) is 1. The molecule has 2 aromatic carbocycles.